The van der Waals surface area contributed by atoms with Crippen molar-refractivity contribution in [1.29, 1.82) is 0 Å². The number of allylic oxidation sites excluding steroid dienone is 12. The van der Waals surface area contributed by atoms with Crippen LogP contribution < -0.4 is 21.3 Å². The maximum Gasteiger partial charge on any atom is 0.315 e. The number of fused-ring (bicyclic) bond motifs is 2. The lowest BCUT2D eigenvalue weighted by molar-refractivity contribution is -0.303. The Morgan fingerprint density at radius 2 is 1.35 bits per heavy atom. The summed E-state index contributed by atoms with van der Waals surface area (Å²) in [5.74, 6) is -3.51. The SMILES string of the molecule is CC/N=C(\NCCCN(C)C)N[C@@H]1[C@H](O)[C@H](O[C@H]2/C=C/C=C/C=C/C=C/C=C/C=C/C=C/[C@H](C)[C@@H](O)[C@@H](C)[C@H](C)OC(=O)C[C@H](O)C[C@H](O)CC[C@@H](O)[C@H](O)C[C@H](O)C[C@]3(O)C[C@H](O)[C@@H](NC(=O)NC[C@H](O)CO)[C@H](C2)O3)O[C@H](C)[C@H]1O. The molecule has 20 atom stereocenters. The second-order valence-corrected chi connectivity index (χ2v) is 21.9. The highest BCUT2D eigenvalue weighted by Gasteiger charge is 2.49. The van der Waals surface area contributed by atoms with Crippen molar-refractivity contribution < 1.29 is 89.8 Å². The van der Waals surface area contributed by atoms with E-state index in [1.54, 1.807) is 75.5 Å². The number of urea groups is 1. The number of nitrogens with one attached hydrogen (secondary N) is 4. The van der Waals surface area contributed by atoms with Gasteiger partial charge in [-0.1, -0.05) is 98.9 Å². The quantitative estimate of drug-likeness (QED) is 0.0511. The van der Waals surface area contributed by atoms with Crippen LogP contribution in [-0.4, -0.2) is 241 Å². The normalized spacial score (nSPS) is 39.1. The van der Waals surface area contributed by atoms with Crippen LogP contribution in [0.3, 0.4) is 0 Å². The van der Waals surface area contributed by atoms with Crippen LogP contribution in [0.15, 0.2) is 90.1 Å². The topological polar surface area (TPSA) is 378 Å². The van der Waals surface area contributed by atoms with Crippen molar-refractivity contribution in [3.8, 4) is 0 Å². The predicted molar refractivity (Wildman–Crippen MR) is 307 cm³/mol. The number of carbonyl (C=O) groups is 2. The standard InChI is InChI=1S/C58H98N6O18/c1-8-59-56(60-26-21-27-64(6)7)62-51-53(75)39(5)80-55(54(51)76)81-44-23-20-18-16-14-12-10-9-11-13-15-17-19-22-36(2)52(74)37(3)38(4)79-49(73)30-41(67)28-40(66)24-25-45(70)46(71)29-42(68)32-58(78)33-47(72)50(48(31-44)82-58)63-57(77)61-34-43(69)35-65/h9-20,22-23,36-48,50-55,65-72,74-76,78H,8,21,24-35H2,1-7H3,(H2,59,60,62)(H2,61,63,77)/b10-9+,13-11+,14-12+,17-15+,18-16+,22-19+,23-20+/t36-,37-,38-,39+,40+,41+,42-,43-,44-,45+,46+,47-,48-,50+,51-,52+,53+,54-,55-,58+/m0/s1. The molecule has 3 heterocycles. The Bertz CT molecular complexity index is 2090. The molecule has 3 rings (SSSR count). The van der Waals surface area contributed by atoms with Gasteiger partial charge in [-0.2, -0.15) is 0 Å². The minimum atomic E-state index is -2.34. The Morgan fingerprint density at radius 3 is 1.96 bits per heavy atom. The van der Waals surface area contributed by atoms with E-state index in [4.69, 9.17) is 18.9 Å². The molecule has 2 saturated heterocycles. The predicted octanol–water partition coefficient (Wildman–Crippen LogP) is -0.420. The third kappa shape index (κ3) is 26.6. The maximum atomic E-state index is 13.3. The molecule has 2 bridgehead atoms. The molecule has 0 aromatic rings. The Balaban J connectivity index is 2.02. The van der Waals surface area contributed by atoms with Gasteiger partial charge >= 0.3 is 12.0 Å². The fourth-order valence-electron chi connectivity index (χ4n) is 9.52. The summed E-state index contributed by atoms with van der Waals surface area (Å²) in [6.07, 6.45) is 3.09. The molecule has 0 saturated carbocycles. The number of nitrogens with zero attached hydrogens (tertiary/aromatic N) is 2. The van der Waals surface area contributed by atoms with Gasteiger partial charge in [0.25, 0.3) is 0 Å². The molecule has 0 radical (unpaired) electrons. The molecule has 16 N–H and O–H groups in total. The lowest BCUT2D eigenvalue weighted by atomic mass is 9.87. The summed E-state index contributed by atoms with van der Waals surface area (Å²) < 4.78 is 24.3. The first-order valence-corrected chi connectivity index (χ1v) is 28.6. The fourth-order valence-corrected chi connectivity index (χ4v) is 9.52. The molecule has 82 heavy (non-hydrogen) atoms. The van der Waals surface area contributed by atoms with Crippen LogP contribution in [0.1, 0.15) is 92.4 Å². The fraction of sp³-hybridized carbons (Fsp3) is 0.707. The molecular weight excluding hydrogens is 1070 g/mol. The number of amides is 2. The van der Waals surface area contributed by atoms with Crippen molar-refractivity contribution in [2.45, 2.75) is 202 Å². The Hall–Kier alpha value is -4.45. The van der Waals surface area contributed by atoms with E-state index < -0.39 is 160 Å². The van der Waals surface area contributed by atoms with E-state index in [0.717, 1.165) is 13.0 Å². The average molecular weight is 1170 g/mol. The zero-order valence-corrected chi connectivity index (χ0v) is 48.7. The number of esters is 1. The molecule has 0 aromatic carbocycles. The first-order valence-electron chi connectivity index (χ1n) is 28.6. The summed E-state index contributed by atoms with van der Waals surface area (Å²) >= 11 is 0. The molecule has 0 aromatic heterocycles. The van der Waals surface area contributed by atoms with Crippen molar-refractivity contribution in [1.82, 2.24) is 26.2 Å². The van der Waals surface area contributed by atoms with Gasteiger partial charge < -0.3 is 106 Å². The lowest BCUT2D eigenvalue weighted by Gasteiger charge is -2.47. The van der Waals surface area contributed by atoms with Gasteiger partial charge in [0, 0.05) is 57.2 Å². The summed E-state index contributed by atoms with van der Waals surface area (Å²) in [6, 6.07) is -3.26. The maximum absolute atomic E-state index is 13.3. The summed E-state index contributed by atoms with van der Waals surface area (Å²) in [6.45, 7) is 9.35. The van der Waals surface area contributed by atoms with Gasteiger partial charge in [0.1, 0.15) is 18.3 Å². The number of ether oxygens (including phenoxy) is 4. The number of aliphatic imine (C=N–C) groups is 1. The molecular formula is C58H98N6O18. The Kier molecular flexibility index (Phi) is 33.1. The second kappa shape index (κ2) is 37.8. The summed E-state index contributed by atoms with van der Waals surface area (Å²) in [4.78, 5) is 32.5. The van der Waals surface area contributed by atoms with E-state index in [2.05, 4.69) is 26.3 Å². The van der Waals surface area contributed by atoms with Gasteiger partial charge in [-0.3, -0.25) is 9.79 Å². The van der Waals surface area contributed by atoms with Crippen LogP contribution >= 0.6 is 0 Å². The molecule has 2 fully saturated rings. The molecule has 3 aliphatic heterocycles. The molecule has 24 heteroatoms. The Labute approximate surface area is 483 Å². The number of carbonyl (C=O) groups excluding carboxylic acids is 2. The molecule has 3 aliphatic rings. The third-order valence-corrected chi connectivity index (χ3v) is 14.4. The number of rotatable bonds is 12. The van der Waals surface area contributed by atoms with E-state index in [-0.39, 0.29) is 38.1 Å². The molecule has 2 amide bonds. The summed E-state index contributed by atoms with van der Waals surface area (Å²) in [7, 11) is 3.91. The van der Waals surface area contributed by atoms with Crippen LogP contribution in [-0.2, 0) is 23.7 Å². The van der Waals surface area contributed by atoms with Crippen molar-refractivity contribution in [2.24, 2.45) is 16.8 Å². The van der Waals surface area contributed by atoms with E-state index in [9.17, 15) is 70.9 Å². The zero-order chi connectivity index (χ0) is 60.9. The van der Waals surface area contributed by atoms with Gasteiger partial charge in [-0.25, -0.2) is 4.79 Å². The zero-order valence-electron chi connectivity index (χ0n) is 48.7. The number of aliphatic hydroxyl groups excluding tert-OH is 11. The van der Waals surface area contributed by atoms with E-state index in [1.807, 2.05) is 63.2 Å². The molecule has 0 aliphatic carbocycles. The minimum Gasteiger partial charge on any atom is -0.462 e. The van der Waals surface area contributed by atoms with Crippen LogP contribution in [0.25, 0.3) is 0 Å². The first kappa shape index (κ1) is 71.8. The molecule has 24 nitrogen and oxygen atoms in total. The van der Waals surface area contributed by atoms with Crippen LogP contribution in [0.2, 0.25) is 0 Å². The van der Waals surface area contributed by atoms with Gasteiger partial charge in [0.15, 0.2) is 18.0 Å². The highest BCUT2D eigenvalue weighted by Crippen LogP contribution is 2.35. The highest BCUT2D eigenvalue weighted by atomic mass is 16.7. The van der Waals surface area contributed by atoms with Gasteiger partial charge in [-0.05, 0) is 67.1 Å². The number of cyclic esters (lactones) is 1. The van der Waals surface area contributed by atoms with Crippen LogP contribution in [0.5, 0.6) is 0 Å². The Morgan fingerprint density at radius 1 is 0.732 bits per heavy atom. The number of guanidine groups is 1. The second-order valence-electron chi connectivity index (χ2n) is 21.9. The van der Waals surface area contributed by atoms with Crippen LogP contribution in [0.4, 0.5) is 4.79 Å². The van der Waals surface area contributed by atoms with E-state index in [1.165, 1.54) is 0 Å². The third-order valence-electron chi connectivity index (χ3n) is 14.4. The minimum absolute atomic E-state index is 0.123. The van der Waals surface area contributed by atoms with Crippen molar-refractivity contribution in [2.75, 3.05) is 46.9 Å². The number of aliphatic hydroxyl groups is 12. The number of hydrogen-bond acceptors (Lipinski definition) is 20. The van der Waals surface area contributed by atoms with Crippen molar-refractivity contribution in [3.05, 3.63) is 85.1 Å². The van der Waals surface area contributed by atoms with Gasteiger partial charge in [0.2, 0.25) is 0 Å². The van der Waals surface area contributed by atoms with E-state index >= 15 is 0 Å². The van der Waals surface area contributed by atoms with Crippen LogP contribution in [0, 0.1) is 11.8 Å². The molecule has 0 unspecified atom stereocenters. The van der Waals surface area contributed by atoms with E-state index in [0.29, 0.717) is 19.0 Å². The van der Waals surface area contributed by atoms with Gasteiger partial charge in [0.05, 0.1) is 92.3 Å². The van der Waals surface area contributed by atoms with Crippen molar-refractivity contribution in [3.63, 3.8) is 0 Å². The first-order chi connectivity index (χ1) is 38.9. The average Bonchev–Trinajstić information content (AvgIpc) is 3.61. The molecule has 0 spiro atoms. The lowest BCUT2D eigenvalue weighted by Crippen LogP contribution is -2.65. The smallest absolute Gasteiger partial charge is 0.315 e. The summed E-state index contributed by atoms with van der Waals surface area (Å²) in [5.41, 5.74) is 0. The highest BCUT2D eigenvalue weighted by molar-refractivity contribution is 5.80. The largest absolute Gasteiger partial charge is 0.462 e. The monoisotopic (exact) mass is 1170 g/mol. The van der Waals surface area contributed by atoms with Crippen molar-refractivity contribution >= 4 is 18.0 Å². The number of hydrogen-bond donors (Lipinski definition) is 16. The molecule has 468 valence electrons. The summed E-state index contributed by atoms with van der Waals surface area (Å²) in [5, 5.41) is 143. The van der Waals surface area contributed by atoms with Gasteiger partial charge in [-0.15, -0.1) is 0 Å².